The average Bonchev–Trinajstić information content (AvgIpc) is 2.84. The number of alkyl halides is 1. The molecule has 1 aliphatic carbocycles. The summed E-state index contributed by atoms with van der Waals surface area (Å²) < 4.78 is 29.4. The Morgan fingerprint density at radius 1 is 1.15 bits per heavy atom. The van der Waals surface area contributed by atoms with Gasteiger partial charge in [0.25, 0.3) is 5.91 Å². The first-order valence-electron chi connectivity index (χ1n) is 10.2. The van der Waals surface area contributed by atoms with Crippen LogP contribution in [0.2, 0.25) is 5.02 Å². The molecule has 0 saturated carbocycles. The number of carbonyl (C=O) groups excluding carboxylic acids is 4. The molecule has 2 amide bonds. The van der Waals surface area contributed by atoms with Crippen LogP contribution in [0.5, 0.6) is 0 Å². The van der Waals surface area contributed by atoms with E-state index in [2.05, 4.69) is 4.74 Å². The van der Waals surface area contributed by atoms with Crippen molar-refractivity contribution in [2.45, 2.75) is 42.8 Å². The van der Waals surface area contributed by atoms with Gasteiger partial charge in [0, 0.05) is 23.2 Å². The lowest BCUT2D eigenvalue weighted by Gasteiger charge is -2.26. The molecular formula is C22H24Cl2FNO7S. The van der Waals surface area contributed by atoms with Crippen molar-refractivity contribution in [1.29, 1.82) is 0 Å². The van der Waals surface area contributed by atoms with E-state index in [1.807, 2.05) is 0 Å². The molecule has 0 bridgehead atoms. The van der Waals surface area contributed by atoms with Crippen LogP contribution in [0.1, 0.15) is 32.6 Å². The van der Waals surface area contributed by atoms with Crippen molar-refractivity contribution >= 4 is 64.4 Å². The zero-order valence-electron chi connectivity index (χ0n) is 18.8. The van der Waals surface area contributed by atoms with Crippen molar-refractivity contribution in [3.63, 3.8) is 0 Å². The van der Waals surface area contributed by atoms with Gasteiger partial charge in [-0.05, 0) is 44.7 Å². The number of anilines is 1. The minimum absolute atomic E-state index is 0.0200. The van der Waals surface area contributed by atoms with Gasteiger partial charge in [-0.15, -0.1) is 23.4 Å². The number of methoxy groups -OCH3 is 2. The third-order valence-electron chi connectivity index (χ3n) is 4.93. The Morgan fingerprint density at radius 3 is 2.38 bits per heavy atom. The number of hydrogen-bond donors (Lipinski definition) is 0. The molecule has 1 aliphatic rings. The molecule has 0 fully saturated rings. The van der Waals surface area contributed by atoms with Crippen LogP contribution >= 0.6 is 35.0 Å². The molecule has 0 N–H and O–H groups in total. The lowest BCUT2D eigenvalue weighted by Crippen LogP contribution is -2.40. The lowest BCUT2D eigenvalue weighted by molar-refractivity contribution is -0.150. The smallest absolute Gasteiger partial charge is 0.336 e. The van der Waals surface area contributed by atoms with Gasteiger partial charge in [-0.2, -0.15) is 0 Å². The molecule has 1 aromatic rings. The molecule has 1 aromatic carbocycles. The van der Waals surface area contributed by atoms with Crippen molar-refractivity contribution in [1.82, 2.24) is 0 Å². The predicted octanol–water partition coefficient (Wildman–Crippen LogP) is 4.25. The summed E-state index contributed by atoms with van der Waals surface area (Å²) in [5.74, 6) is -4.63. The molecule has 2 rings (SSSR count). The normalized spacial score (nSPS) is 14.4. The number of imide groups is 1. The Morgan fingerprint density at radius 2 is 1.79 bits per heavy atom. The predicted molar refractivity (Wildman–Crippen MR) is 125 cm³/mol. The first-order chi connectivity index (χ1) is 16.2. The quantitative estimate of drug-likeness (QED) is 0.200. The van der Waals surface area contributed by atoms with E-state index >= 15 is 0 Å². The summed E-state index contributed by atoms with van der Waals surface area (Å²) >= 11 is 12.8. The van der Waals surface area contributed by atoms with E-state index < -0.39 is 46.4 Å². The van der Waals surface area contributed by atoms with Crippen LogP contribution in [-0.2, 0) is 33.4 Å². The molecule has 0 aromatic heterocycles. The SMILES string of the molecule is COCOC(=O)C1=C(C(=O)N(C(=O)CCl)c2cc(SC(C)C(=O)OC)c(Cl)cc2F)CCCC1. The zero-order chi connectivity index (χ0) is 25.4. The second-order valence-corrected chi connectivity index (χ2v) is 9.24. The molecule has 0 aliphatic heterocycles. The molecule has 1 unspecified atom stereocenters. The van der Waals surface area contributed by atoms with Gasteiger partial charge in [-0.1, -0.05) is 11.6 Å². The molecule has 8 nitrogen and oxygen atoms in total. The van der Waals surface area contributed by atoms with Gasteiger partial charge >= 0.3 is 11.9 Å². The van der Waals surface area contributed by atoms with Gasteiger partial charge in [0.2, 0.25) is 5.91 Å². The highest BCUT2D eigenvalue weighted by Gasteiger charge is 2.33. The molecular weight excluding hydrogens is 512 g/mol. The molecule has 12 heteroatoms. The second-order valence-electron chi connectivity index (χ2n) is 7.19. The molecule has 0 saturated heterocycles. The zero-order valence-corrected chi connectivity index (χ0v) is 21.2. The maximum atomic E-state index is 15.0. The number of thioether (sulfide) groups is 1. The highest BCUT2D eigenvalue weighted by Crippen LogP contribution is 2.37. The summed E-state index contributed by atoms with van der Waals surface area (Å²) in [6, 6.07) is 2.13. The Labute approximate surface area is 210 Å². The van der Waals surface area contributed by atoms with Crippen LogP contribution in [0.3, 0.4) is 0 Å². The topological polar surface area (TPSA) is 99.2 Å². The van der Waals surface area contributed by atoms with Gasteiger partial charge in [0.15, 0.2) is 6.79 Å². The van der Waals surface area contributed by atoms with Crippen LogP contribution < -0.4 is 4.90 Å². The van der Waals surface area contributed by atoms with Crippen molar-refractivity contribution in [2.75, 3.05) is 31.8 Å². The van der Waals surface area contributed by atoms with Crippen molar-refractivity contribution in [3.05, 3.63) is 34.1 Å². The number of amides is 2. The van der Waals surface area contributed by atoms with E-state index in [0.29, 0.717) is 17.7 Å². The molecule has 0 spiro atoms. The van der Waals surface area contributed by atoms with Gasteiger partial charge in [0.05, 0.1) is 17.8 Å². The Bertz CT molecular complexity index is 1000. The van der Waals surface area contributed by atoms with Gasteiger partial charge < -0.3 is 14.2 Å². The maximum Gasteiger partial charge on any atom is 0.336 e. The van der Waals surface area contributed by atoms with Crippen molar-refractivity contribution in [2.24, 2.45) is 0 Å². The van der Waals surface area contributed by atoms with Crippen LogP contribution in [0, 0.1) is 5.82 Å². The third kappa shape index (κ3) is 6.71. The largest absolute Gasteiger partial charge is 0.468 e. The van der Waals surface area contributed by atoms with Crippen LogP contribution in [-0.4, -0.2) is 55.9 Å². The number of halogens is 3. The number of ether oxygens (including phenoxy) is 3. The summed E-state index contributed by atoms with van der Waals surface area (Å²) in [4.78, 5) is 51.3. The summed E-state index contributed by atoms with van der Waals surface area (Å²) in [6.07, 6.45) is 1.68. The number of nitrogens with zero attached hydrogens (tertiary/aromatic N) is 1. The highest BCUT2D eigenvalue weighted by molar-refractivity contribution is 8.00. The Kier molecular flexibility index (Phi) is 10.8. The maximum absolute atomic E-state index is 15.0. The Balaban J connectivity index is 2.55. The van der Waals surface area contributed by atoms with Gasteiger partial charge in [-0.25, -0.2) is 14.1 Å². The minimum atomic E-state index is -0.952. The van der Waals surface area contributed by atoms with Crippen LogP contribution in [0.4, 0.5) is 10.1 Å². The molecule has 0 radical (unpaired) electrons. The van der Waals surface area contributed by atoms with E-state index in [9.17, 15) is 23.6 Å². The van der Waals surface area contributed by atoms with Gasteiger partial charge in [-0.3, -0.25) is 14.4 Å². The van der Waals surface area contributed by atoms with Crippen molar-refractivity contribution in [3.8, 4) is 0 Å². The van der Waals surface area contributed by atoms with Crippen LogP contribution in [0.15, 0.2) is 28.2 Å². The van der Waals surface area contributed by atoms with Crippen LogP contribution in [0.25, 0.3) is 0 Å². The van der Waals surface area contributed by atoms with E-state index in [-0.39, 0.29) is 40.7 Å². The number of rotatable bonds is 9. The fourth-order valence-corrected chi connectivity index (χ4v) is 4.63. The first-order valence-corrected chi connectivity index (χ1v) is 12.0. The fourth-order valence-electron chi connectivity index (χ4n) is 3.30. The highest BCUT2D eigenvalue weighted by atomic mass is 35.5. The summed E-state index contributed by atoms with van der Waals surface area (Å²) in [6.45, 7) is 1.26. The molecule has 1 atom stereocenters. The standard InChI is InChI=1S/C22H24Cl2FNO7S/c1-12(21(29)32-3)34-18-9-17(16(25)8-15(18)24)26(19(27)10-23)20(28)13-6-4-5-7-14(13)22(30)33-11-31-2/h8-9,12H,4-7,10-11H2,1-3H3. The Hall–Kier alpha value is -2.14. The summed E-state index contributed by atoms with van der Waals surface area (Å²) in [5.41, 5.74) is -0.261. The number of hydrogen-bond acceptors (Lipinski definition) is 8. The van der Waals surface area contributed by atoms with E-state index in [1.165, 1.54) is 20.3 Å². The lowest BCUT2D eigenvalue weighted by atomic mass is 9.90. The summed E-state index contributed by atoms with van der Waals surface area (Å²) in [7, 11) is 2.57. The minimum Gasteiger partial charge on any atom is -0.468 e. The number of esters is 2. The summed E-state index contributed by atoms with van der Waals surface area (Å²) in [5, 5.41) is -0.717. The number of carbonyl (C=O) groups is 4. The monoisotopic (exact) mass is 535 g/mol. The van der Waals surface area contributed by atoms with Crippen molar-refractivity contribution < 1.29 is 37.8 Å². The van der Waals surface area contributed by atoms with Gasteiger partial charge in [0.1, 0.15) is 16.9 Å². The molecule has 0 heterocycles. The second kappa shape index (κ2) is 13.1. The number of benzene rings is 1. The first kappa shape index (κ1) is 28.1. The van der Waals surface area contributed by atoms with E-state index in [0.717, 1.165) is 17.8 Å². The van der Waals surface area contributed by atoms with E-state index in [1.54, 1.807) is 6.92 Å². The average molecular weight is 536 g/mol. The molecule has 186 valence electrons. The molecule has 34 heavy (non-hydrogen) atoms. The van der Waals surface area contributed by atoms with E-state index in [4.69, 9.17) is 32.7 Å². The third-order valence-corrected chi connectivity index (χ3v) is 6.72. The fraction of sp³-hybridized carbons (Fsp3) is 0.455.